The Labute approximate surface area is 431 Å². The number of esters is 3. The predicted octanol–water partition coefficient (Wildman–Crippen LogP) is -0.00480. The van der Waals surface area contributed by atoms with Crippen molar-refractivity contribution in [1.82, 2.24) is 0 Å². The van der Waals surface area contributed by atoms with Gasteiger partial charge in [0, 0.05) is 23.2 Å². The van der Waals surface area contributed by atoms with E-state index >= 15 is 0 Å². The fourth-order valence-electron chi connectivity index (χ4n) is 15.8. The molecule has 0 spiro atoms. The molecule has 3 heterocycles. The van der Waals surface area contributed by atoms with Gasteiger partial charge in [0.2, 0.25) is 12.6 Å². The van der Waals surface area contributed by atoms with Gasteiger partial charge in [-0.1, -0.05) is 52.3 Å². The third-order valence-electron chi connectivity index (χ3n) is 20.5. The largest absolute Gasteiger partial charge is 0.471 e. The monoisotopic (exact) mass is 1050 g/mol. The molecule has 25 atom stereocenters. The summed E-state index contributed by atoms with van der Waals surface area (Å²) < 4.78 is 39.8. The summed E-state index contributed by atoms with van der Waals surface area (Å²) in [6.07, 6.45) is -12.5. The van der Waals surface area contributed by atoms with Crippen LogP contribution in [0.15, 0.2) is 36.1 Å². The first-order valence-corrected chi connectivity index (χ1v) is 26.2. The summed E-state index contributed by atoms with van der Waals surface area (Å²) in [5, 5.41) is 119. The van der Waals surface area contributed by atoms with E-state index in [9.17, 15) is 70.6 Å². The van der Waals surface area contributed by atoms with Gasteiger partial charge >= 0.3 is 17.9 Å². The van der Waals surface area contributed by atoms with Crippen LogP contribution in [-0.4, -0.2) is 187 Å². The van der Waals surface area contributed by atoms with E-state index in [2.05, 4.69) is 33.4 Å². The minimum Gasteiger partial charge on any atom is -0.471 e. The quantitative estimate of drug-likeness (QED) is 0.0696. The van der Waals surface area contributed by atoms with Crippen LogP contribution in [0.1, 0.15) is 99.3 Å². The highest BCUT2D eigenvalue weighted by Crippen LogP contribution is 2.76. The van der Waals surface area contributed by atoms with Crippen LogP contribution < -0.4 is 0 Å². The van der Waals surface area contributed by atoms with Gasteiger partial charge in [-0.2, -0.15) is 0 Å². The van der Waals surface area contributed by atoms with E-state index in [-0.39, 0.29) is 36.4 Å². The number of ether oxygens (including phenoxy) is 7. The van der Waals surface area contributed by atoms with E-state index in [1.165, 1.54) is 6.08 Å². The number of hydrogen-bond donors (Lipinski definition) is 11. The maximum Gasteiger partial charge on any atom is 0.337 e. The van der Waals surface area contributed by atoms with Crippen LogP contribution in [0.25, 0.3) is 0 Å². The van der Waals surface area contributed by atoms with Crippen LogP contribution in [0.3, 0.4) is 0 Å². The van der Waals surface area contributed by atoms with Gasteiger partial charge in [-0.25, -0.2) is 4.79 Å². The maximum atomic E-state index is 14.8. The normalized spacial score (nSPS) is 51.0. The lowest BCUT2D eigenvalue weighted by molar-refractivity contribution is -0.339. The number of aliphatic hydroxyl groups is 11. The van der Waals surface area contributed by atoms with Crippen LogP contribution in [0.5, 0.6) is 0 Å². The zero-order valence-corrected chi connectivity index (χ0v) is 43.4. The molecule has 0 bridgehead atoms. The van der Waals surface area contributed by atoms with E-state index < -0.39 is 168 Å². The second-order valence-electron chi connectivity index (χ2n) is 24.1. The Hall–Kier alpha value is -3.13. The number of methoxy groups -OCH3 is 1. The zero-order chi connectivity index (χ0) is 54.4. The van der Waals surface area contributed by atoms with Crippen molar-refractivity contribution in [2.45, 2.75) is 185 Å². The maximum absolute atomic E-state index is 14.8. The summed E-state index contributed by atoms with van der Waals surface area (Å²) in [4.78, 5) is 42.1. The lowest BCUT2D eigenvalue weighted by Crippen LogP contribution is -2.70. The van der Waals surface area contributed by atoms with Crippen molar-refractivity contribution in [3.8, 4) is 0 Å². The Bertz CT molecular complexity index is 2180. The molecule has 6 fully saturated rings. The molecule has 74 heavy (non-hydrogen) atoms. The molecule has 418 valence electrons. The molecule has 0 aromatic heterocycles. The molecule has 4 saturated carbocycles. The van der Waals surface area contributed by atoms with Gasteiger partial charge in [-0.15, -0.1) is 6.58 Å². The van der Waals surface area contributed by atoms with Crippen LogP contribution >= 0.6 is 0 Å². The molecule has 11 N–H and O–H groups in total. The van der Waals surface area contributed by atoms with Gasteiger partial charge in [0.15, 0.2) is 6.29 Å². The van der Waals surface area contributed by atoms with E-state index in [1.54, 1.807) is 6.92 Å². The number of allylic oxidation sites excluding steroid dienone is 1. The first-order valence-electron chi connectivity index (χ1n) is 26.2. The number of hydrogen-bond acceptors (Lipinski definition) is 21. The van der Waals surface area contributed by atoms with Crippen molar-refractivity contribution in [1.29, 1.82) is 0 Å². The summed E-state index contributed by atoms with van der Waals surface area (Å²) >= 11 is 0. The average Bonchev–Trinajstić information content (AvgIpc) is 3.36. The summed E-state index contributed by atoms with van der Waals surface area (Å²) in [5.74, 6) is -5.70. The van der Waals surface area contributed by atoms with Gasteiger partial charge in [-0.05, 0) is 92.3 Å². The molecule has 0 aromatic carbocycles. The van der Waals surface area contributed by atoms with Crippen LogP contribution in [0.2, 0.25) is 0 Å². The SMILES string of the molecule is C=CC1C(OC2OC(CO)C(O)C(O)C2O)OC=C(C(=O)OC)C1CC(=O)OCC1(C)C(O)C(O)CC2(C)C1CCC1(C)C2CC=C2C3C(C(=O)OC4OC(CO)C(O)C(O)C4O)(CCC(C)C3(C)O)CCC21C. The molecule has 0 aromatic rings. The average molecular weight is 1050 g/mol. The molecule has 8 aliphatic rings. The molecule has 8 rings (SSSR count). The Kier molecular flexibility index (Phi) is 15.9. The highest BCUT2D eigenvalue weighted by atomic mass is 16.8. The third kappa shape index (κ3) is 8.80. The minimum atomic E-state index is -1.80. The molecule has 21 heteroatoms. The van der Waals surface area contributed by atoms with Crippen LogP contribution in [0, 0.1) is 62.6 Å². The lowest BCUT2D eigenvalue weighted by atomic mass is 9.33. The van der Waals surface area contributed by atoms with Gasteiger partial charge < -0.3 is 89.3 Å². The summed E-state index contributed by atoms with van der Waals surface area (Å²) in [6.45, 7) is 14.2. The standard InChI is InChI=1S/C53H80O21/c1-9-25-26(27(43(65)68-8)22-69-44(25)73-45-39(62)37(60)35(58)30(20-54)71-45)18-34(57)70-23-49(4)32-13-14-51(6)33(48(32,3)19-29(56)42(49)64)11-10-28-41-52(7,67)24(2)12-15-53(41,17-16-50(28,51)5)47(66)74-46-40(63)38(61)36(59)31(21-55)72-46/h9-10,22,24-26,29-33,35-42,44-46,54-56,58-64,67H,1,11-21,23H2,2-8H3. The summed E-state index contributed by atoms with van der Waals surface area (Å²) in [7, 11) is 1.15. The van der Waals surface area contributed by atoms with Crippen molar-refractivity contribution in [3.05, 3.63) is 36.1 Å². The minimum absolute atomic E-state index is 0.0606. The highest BCUT2D eigenvalue weighted by Gasteiger charge is 2.73. The fraction of sp³-hybridized carbons (Fsp3) is 0.830. The molecule has 0 radical (unpaired) electrons. The molecule has 3 aliphatic heterocycles. The number of carbonyl (C=O) groups is 3. The molecule has 21 nitrogen and oxygen atoms in total. The third-order valence-corrected chi connectivity index (χ3v) is 20.5. The topological polar surface area (TPSA) is 338 Å². The molecule has 5 aliphatic carbocycles. The second-order valence-corrected chi connectivity index (χ2v) is 24.1. The first-order chi connectivity index (χ1) is 34.7. The summed E-state index contributed by atoms with van der Waals surface area (Å²) in [6, 6.07) is 0. The van der Waals surface area contributed by atoms with E-state index in [0.717, 1.165) is 18.9 Å². The molecule has 0 amide bonds. The van der Waals surface area contributed by atoms with Crippen molar-refractivity contribution in [2.75, 3.05) is 26.9 Å². The fourth-order valence-corrected chi connectivity index (χ4v) is 15.8. The zero-order valence-electron chi connectivity index (χ0n) is 43.4. The van der Waals surface area contributed by atoms with E-state index in [4.69, 9.17) is 33.2 Å². The lowest BCUT2D eigenvalue weighted by Gasteiger charge is -2.72. The van der Waals surface area contributed by atoms with Crippen LogP contribution in [0.4, 0.5) is 0 Å². The molecular formula is C53H80O21. The van der Waals surface area contributed by atoms with Gasteiger partial charge in [0.1, 0.15) is 48.8 Å². The number of rotatable bonds is 12. The molecular weight excluding hydrogens is 973 g/mol. The Morgan fingerprint density at radius 3 is 2.03 bits per heavy atom. The number of fused-ring (bicyclic) bond motifs is 7. The Morgan fingerprint density at radius 2 is 1.42 bits per heavy atom. The molecule has 2 saturated heterocycles. The smallest absolute Gasteiger partial charge is 0.337 e. The van der Waals surface area contributed by atoms with E-state index in [1.807, 2.05) is 13.8 Å². The second kappa shape index (κ2) is 20.6. The van der Waals surface area contributed by atoms with Gasteiger partial charge in [0.05, 0.1) is 68.4 Å². The molecule has 25 unspecified atom stereocenters. The van der Waals surface area contributed by atoms with Crippen molar-refractivity contribution in [2.24, 2.45) is 62.6 Å². The van der Waals surface area contributed by atoms with Crippen LogP contribution in [-0.2, 0) is 47.5 Å². The summed E-state index contributed by atoms with van der Waals surface area (Å²) in [5.41, 5.74) is -4.73. The Morgan fingerprint density at radius 1 is 0.797 bits per heavy atom. The van der Waals surface area contributed by atoms with Crippen molar-refractivity contribution >= 4 is 17.9 Å². The van der Waals surface area contributed by atoms with E-state index in [0.29, 0.717) is 44.9 Å². The van der Waals surface area contributed by atoms with Gasteiger partial charge in [-0.3, -0.25) is 9.59 Å². The predicted molar refractivity (Wildman–Crippen MR) is 255 cm³/mol. The number of carbonyl (C=O) groups excluding carboxylic acids is 3. The first kappa shape index (κ1) is 57.1. The van der Waals surface area contributed by atoms with Gasteiger partial charge in [0.25, 0.3) is 0 Å². The number of aliphatic hydroxyl groups excluding tert-OH is 10. The Balaban J connectivity index is 1.04. The highest BCUT2D eigenvalue weighted by molar-refractivity contribution is 5.90. The van der Waals surface area contributed by atoms with Crippen molar-refractivity contribution < 1.29 is 104 Å². The van der Waals surface area contributed by atoms with Crippen molar-refractivity contribution in [3.63, 3.8) is 0 Å².